The van der Waals surface area contributed by atoms with Crippen LogP contribution < -0.4 is 0 Å². The van der Waals surface area contributed by atoms with Crippen molar-refractivity contribution in [3.05, 3.63) is 0 Å². The molecule has 0 amide bonds. The maximum Gasteiger partial charge on any atom is 0.104 e. The fraction of sp³-hybridized carbons (Fsp3) is 1.00. The summed E-state index contributed by atoms with van der Waals surface area (Å²) in [5.74, 6) is 0. The summed E-state index contributed by atoms with van der Waals surface area (Å²) in [6, 6.07) is 0. The third-order valence-corrected chi connectivity index (χ3v) is 2.63. The highest BCUT2D eigenvalue weighted by atomic mass is 16.6. The molecule has 0 aromatic carbocycles. The van der Waals surface area contributed by atoms with Crippen LogP contribution in [0, 0.1) is 0 Å². The van der Waals surface area contributed by atoms with Crippen molar-refractivity contribution >= 4 is 0 Å². The van der Waals surface area contributed by atoms with Gasteiger partial charge in [0.05, 0.1) is 38.1 Å². The second-order valence-corrected chi connectivity index (χ2v) is 4.91. The summed E-state index contributed by atoms with van der Waals surface area (Å²) in [5, 5.41) is 8.36. The van der Waals surface area contributed by atoms with E-state index in [-0.39, 0.29) is 6.10 Å². The van der Waals surface area contributed by atoms with Gasteiger partial charge in [-0.3, -0.25) is 0 Å². The first-order valence-corrected chi connectivity index (χ1v) is 7.02. The molecule has 18 heavy (non-hydrogen) atoms. The Morgan fingerprint density at radius 1 is 1.17 bits per heavy atom. The van der Waals surface area contributed by atoms with Crippen molar-refractivity contribution in [2.24, 2.45) is 0 Å². The number of hydrogen-bond donors (Lipinski definition) is 1. The minimum Gasteiger partial charge on any atom is -0.393 e. The largest absolute Gasteiger partial charge is 0.393 e. The summed E-state index contributed by atoms with van der Waals surface area (Å²) in [7, 11) is 0. The number of epoxide rings is 2. The smallest absolute Gasteiger partial charge is 0.104 e. The molecule has 4 atom stereocenters. The molecular weight excluding hydrogens is 232 g/mol. The van der Waals surface area contributed by atoms with Crippen LogP contribution in [0.2, 0.25) is 0 Å². The molecule has 2 rings (SSSR count). The lowest BCUT2D eigenvalue weighted by Gasteiger charge is -2.07. The number of aliphatic hydroxyl groups is 1. The zero-order chi connectivity index (χ0) is 14.0. The summed E-state index contributed by atoms with van der Waals surface area (Å²) in [5.41, 5.74) is 0. The van der Waals surface area contributed by atoms with E-state index in [4.69, 9.17) is 19.3 Å². The molecule has 2 aliphatic heterocycles. The molecule has 4 unspecified atom stereocenters. The van der Waals surface area contributed by atoms with Crippen molar-refractivity contribution in [3.63, 3.8) is 0 Å². The van der Waals surface area contributed by atoms with Gasteiger partial charge in [0.2, 0.25) is 0 Å². The van der Waals surface area contributed by atoms with Crippen LogP contribution in [0.4, 0.5) is 0 Å². The average Bonchev–Trinajstić information content (AvgIpc) is 3.24. The molecule has 1 N–H and O–H groups in total. The van der Waals surface area contributed by atoms with Crippen molar-refractivity contribution in [3.8, 4) is 0 Å². The lowest BCUT2D eigenvalue weighted by atomic mass is 10.3. The van der Waals surface area contributed by atoms with E-state index in [1.165, 1.54) is 0 Å². The number of hydrogen-bond acceptors (Lipinski definition) is 4. The molecule has 0 radical (unpaired) electrons. The average molecular weight is 262 g/mol. The molecule has 0 spiro atoms. The Balaban J connectivity index is 0.000000271. The Morgan fingerprint density at radius 3 is 1.83 bits per heavy atom. The third-order valence-electron chi connectivity index (χ3n) is 2.63. The van der Waals surface area contributed by atoms with E-state index in [0.717, 1.165) is 32.7 Å². The quantitative estimate of drug-likeness (QED) is 0.773. The highest BCUT2D eigenvalue weighted by molar-refractivity contribution is 4.67. The molecule has 2 heterocycles. The molecule has 2 saturated heterocycles. The van der Waals surface area contributed by atoms with Gasteiger partial charge in [-0.25, -0.2) is 0 Å². The molecule has 4 heteroatoms. The van der Waals surface area contributed by atoms with E-state index in [2.05, 4.69) is 20.8 Å². The molecule has 4 nitrogen and oxygen atoms in total. The summed E-state index contributed by atoms with van der Waals surface area (Å²) in [6.07, 6.45) is 3.23. The molecule has 110 valence electrons. The van der Waals surface area contributed by atoms with Gasteiger partial charge in [0.15, 0.2) is 0 Å². The van der Waals surface area contributed by atoms with E-state index in [0.29, 0.717) is 18.3 Å². The van der Waals surface area contributed by atoms with Gasteiger partial charge in [-0.05, 0) is 33.6 Å². The Kier molecular flexibility index (Phi) is 10.6. The van der Waals surface area contributed by atoms with Gasteiger partial charge in [0.1, 0.15) is 6.10 Å². The van der Waals surface area contributed by atoms with E-state index in [1.807, 2.05) is 6.92 Å². The Hall–Kier alpha value is -0.160. The van der Waals surface area contributed by atoms with Crippen molar-refractivity contribution in [2.45, 2.75) is 71.9 Å². The van der Waals surface area contributed by atoms with Crippen molar-refractivity contribution < 1.29 is 19.3 Å². The molecule has 2 fully saturated rings. The van der Waals surface area contributed by atoms with Crippen LogP contribution in [-0.2, 0) is 14.2 Å². The minimum absolute atomic E-state index is 0.116. The molecular formula is C14H30O4. The van der Waals surface area contributed by atoms with Gasteiger partial charge < -0.3 is 19.3 Å². The molecule has 0 aromatic heterocycles. The predicted molar refractivity (Wildman–Crippen MR) is 72.8 cm³/mol. The lowest BCUT2D eigenvalue weighted by molar-refractivity contribution is 0.0523. The summed E-state index contributed by atoms with van der Waals surface area (Å²) in [4.78, 5) is 0. The topological polar surface area (TPSA) is 54.5 Å². The first-order valence-electron chi connectivity index (χ1n) is 7.02. The van der Waals surface area contributed by atoms with Crippen molar-refractivity contribution in [1.29, 1.82) is 0 Å². The number of ether oxygens (including phenoxy) is 3. The van der Waals surface area contributed by atoms with Crippen LogP contribution in [-0.4, -0.2) is 49.3 Å². The zero-order valence-electron chi connectivity index (χ0n) is 12.5. The normalized spacial score (nSPS) is 27.0. The van der Waals surface area contributed by atoms with E-state index in [9.17, 15) is 0 Å². The van der Waals surface area contributed by atoms with Crippen LogP contribution in [0.5, 0.6) is 0 Å². The van der Waals surface area contributed by atoms with Crippen molar-refractivity contribution in [1.82, 2.24) is 0 Å². The molecule has 0 aliphatic carbocycles. The second-order valence-electron chi connectivity index (χ2n) is 4.91. The monoisotopic (exact) mass is 262 g/mol. The first kappa shape index (κ1) is 17.8. The van der Waals surface area contributed by atoms with E-state index < -0.39 is 0 Å². The van der Waals surface area contributed by atoms with Gasteiger partial charge in [0, 0.05) is 0 Å². The van der Waals surface area contributed by atoms with E-state index in [1.54, 1.807) is 6.92 Å². The number of rotatable bonds is 5. The van der Waals surface area contributed by atoms with Gasteiger partial charge >= 0.3 is 0 Å². The first-order chi connectivity index (χ1) is 8.49. The fourth-order valence-electron chi connectivity index (χ4n) is 0.650. The molecule has 2 aliphatic rings. The van der Waals surface area contributed by atoms with Gasteiger partial charge in [-0.2, -0.15) is 0 Å². The molecule has 0 bridgehead atoms. The molecule has 0 saturated carbocycles. The third kappa shape index (κ3) is 15.8. The van der Waals surface area contributed by atoms with Gasteiger partial charge in [-0.1, -0.05) is 13.8 Å². The Labute approximate surface area is 112 Å². The summed E-state index contributed by atoms with van der Waals surface area (Å²) in [6.45, 7) is 12.7. The highest BCUT2D eigenvalue weighted by Crippen LogP contribution is 2.10. The standard InChI is InChI=1S/C7H14O2.C4H10O.C3H6O/c1-3-6(2)8-4-7-5-9-7;1-3-4(2)5;1-3-2-4-3/h6-7H,3-5H2,1-2H3;4-5H,3H2,1-2H3;3H,2H2,1H3. The van der Waals surface area contributed by atoms with Gasteiger partial charge in [0.25, 0.3) is 0 Å². The van der Waals surface area contributed by atoms with E-state index >= 15 is 0 Å². The Bertz CT molecular complexity index is 177. The van der Waals surface area contributed by atoms with Crippen molar-refractivity contribution in [2.75, 3.05) is 19.8 Å². The predicted octanol–water partition coefficient (Wildman–Crippen LogP) is 2.38. The maximum atomic E-state index is 8.36. The SMILES string of the molecule is CC1CO1.CCC(C)O.CCC(C)OCC1CO1. The van der Waals surface area contributed by atoms with Crippen LogP contribution in [0.25, 0.3) is 0 Å². The lowest BCUT2D eigenvalue weighted by Crippen LogP contribution is -2.10. The zero-order valence-corrected chi connectivity index (χ0v) is 12.5. The minimum atomic E-state index is -0.116. The summed E-state index contributed by atoms with van der Waals surface area (Å²) >= 11 is 0. The van der Waals surface area contributed by atoms with Crippen LogP contribution in [0.15, 0.2) is 0 Å². The highest BCUT2D eigenvalue weighted by Gasteiger charge is 2.22. The summed E-state index contributed by atoms with van der Waals surface area (Å²) < 4.78 is 15.1. The Morgan fingerprint density at radius 2 is 1.61 bits per heavy atom. The van der Waals surface area contributed by atoms with Crippen LogP contribution >= 0.6 is 0 Å². The molecule has 0 aromatic rings. The number of aliphatic hydroxyl groups excluding tert-OH is 1. The fourth-order valence-corrected chi connectivity index (χ4v) is 0.650. The van der Waals surface area contributed by atoms with Gasteiger partial charge in [-0.15, -0.1) is 0 Å². The second kappa shape index (κ2) is 10.7. The van der Waals surface area contributed by atoms with Crippen LogP contribution in [0.3, 0.4) is 0 Å². The maximum absolute atomic E-state index is 8.36. The van der Waals surface area contributed by atoms with Crippen LogP contribution in [0.1, 0.15) is 47.5 Å².